The van der Waals surface area contributed by atoms with Crippen LogP contribution >= 0.6 is 12.2 Å². The van der Waals surface area contributed by atoms with Crippen molar-refractivity contribution in [2.24, 2.45) is 17.8 Å². The molecule has 1 aromatic rings. The minimum atomic E-state index is 0.347. The van der Waals surface area contributed by atoms with Gasteiger partial charge in [-0.1, -0.05) is 12.2 Å². The second-order valence-corrected chi connectivity index (χ2v) is 7.35. The fraction of sp³-hybridized carbons (Fsp3) is 0.625. The molecule has 1 N–H and O–H groups in total. The van der Waals surface area contributed by atoms with Crippen molar-refractivity contribution in [2.45, 2.75) is 43.9 Å². The van der Waals surface area contributed by atoms with Crippen LogP contribution < -0.4 is 0 Å². The molecule has 4 bridgehead atoms. The summed E-state index contributed by atoms with van der Waals surface area (Å²) in [6, 6.07) is 4.29. The zero-order valence-corrected chi connectivity index (χ0v) is 11.8. The first-order chi connectivity index (χ1) is 9.18. The molecule has 2 nitrogen and oxygen atoms in total. The van der Waals surface area contributed by atoms with Crippen LogP contribution in [0.5, 0.6) is 0 Å². The molecule has 0 unspecified atom stereocenters. The molecule has 0 saturated heterocycles. The Bertz CT molecular complexity index is 587. The maximum atomic E-state index is 9.19. The normalized spacial score (nSPS) is 39.2. The lowest BCUT2D eigenvalue weighted by Crippen LogP contribution is -2.48. The molecule has 0 amide bonds. The number of aromatic nitrogens is 1. The highest BCUT2D eigenvalue weighted by atomic mass is 32.1. The van der Waals surface area contributed by atoms with E-state index in [0.29, 0.717) is 15.6 Å². The van der Waals surface area contributed by atoms with Crippen molar-refractivity contribution in [3.05, 3.63) is 28.0 Å². The average Bonchev–Trinajstić information content (AvgIpc) is 2.37. The van der Waals surface area contributed by atoms with Crippen LogP contribution in [0.1, 0.15) is 49.7 Å². The Morgan fingerprint density at radius 2 is 1.74 bits per heavy atom. The lowest BCUT2D eigenvalue weighted by atomic mass is 9.48. The number of rotatable bonds is 1. The predicted octanol–water partition coefficient (Wildman–Crippen LogP) is 4.08. The number of pyridine rings is 1. The van der Waals surface area contributed by atoms with Crippen molar-refractivity contribution in [1.82, 2.24) is 4.98 Å². The van der Waals surface area contributed by atoms with Crippen molar-refractivity contribution >= 4 is 12.2 Å². The topological polar surface area (TPSA) is 39.6 Å². The number of hydrogen-bond donors (Lipinski definition) is 1. The summed E-state index contributed by atoms with van der Waals surface area (Å²) in [6.45, 7) is 0. The lowest BCUT2D eigenvalue weighted by molar-refractivity contribution is -0.00535. The van der Waals surface area contributed by atoms with Gasteiger partial charge in [0.25, 0.3) is 0 Å². The molecule has 4 aliphatic rings. The summed E-state index contributed by atoms with van der Waals surface area (Å²) in [5, 5.41) is 9.19. The van der Waals surface area contributed by atoms with Crippen LogP contribution in [0.4, 0.5) is 0 Å². The number of nitrogens with zero attached hydrogens (tertiary/aromatic N) is 1. The second kappa shape index (κ2) is 3.93. The molecule has 98 valence electrons. The van der Waals surface area contributed by atoms with Gasteiger partial charge in [-0.3, -0.25) is 0 Å². The molecule has 4 saturated carbocycles. The van der Waals surface area contributed by atoms with Gasteiger partial charge in [0.05, 0.1) is 5.56 Å². The van der Waals surface area contributed by atoms with Gasteiger partial charge in [-0.2, -0.15) is 5.26 Å². The minimum Gasteiger partial charge on any atom is -0.352 e. The quantitative estimate of drug-likeness (QED) is 0.781. The highest BCUT2D eigenvalue weighted by Gasteiger charge is 2.51. The van der Waals surface area contributed by atoms with E-state index < -0.39 is 0 Å². The Balaban J connectivity index is 1.80. The zero-order valence-electron chi connectivity index (χ0n) is 11.0. The number of H-pyrrole nitrogens is 1. The van der Waals surface area contributed by atoms with Crippen molar-refractivity contribution in [2.75, 3.05) is 0 Å². The molecule has 4 aliphatic carbocycles. The van der Waals surface area contributed by atoms with E-state index in [-0.39, 0.29) is 0 Å². The van der Waals surface area contributed by atoms with Gasteiger partial charge < -0.3 is 4.98 Å². The standard InChI is InChI=1S/C16H18N2S/c17-8-13-4-14(9-18-15(13)19)16-5-10-1-11(6-16)3-12(2-10)7-16/h4,9-12H,1-3,5-7H2,(H,18,19). The van der Waals surface area contributed by atoms with E-state index in [1.54, 1.807) is 0 Å². The first-order valence-corrected chi connectivity index (χ1v) is 7.73. The summed E-state index contributed by atoms with van der Waals surface area (Å²) in [5.74, 6) is 2.79. The molecule has 3 heteroatoms. The first-order valence-electron chi connectivity index (χ1n) is 7.32. The number of nitrogens with one attached hydrogen (secondary N) is 1. The largest absolute Gasteiger partial charge is 0.352 e. The van der Waals surface area contributed by atoms with Crippen molar-refractivity contribution in [1.29, 1.82) is 5.26 Å². The van der Waals surface area contributed by atoms with Crippen LogP contribution in [0.2, 0.25) is 0 Å². The van der Waals surface area contributed by atoms with Crippen LogP contribution in [0.15, 0.2) is 12.3 Å². The number of nitriles is 1. The molecule has 4 fully saturated rings. The molecule has 0 aromatic carbocycles. The van der Waals surface area contributed by atoms with Crippen molar-refractivity contribution < 1.29 is 0 Å². The van der Waals surface area contributed by atoms with Crippen LogP contribution in [-0.2, 0) is 5.41 Å². The van der Waals surface area contributed by atoms with Gasteiger partial charge in [0.2, 0.25) is 0 Å². The Labute approximate surface area is 118 Å². The van der Waals surface area contributed by atoms with Gasteiger partial charge in [0.1, 0.15) is 10.7 Å². The molecule has 0 atom stereocenters. The van der Waals surface area contributed by atoms with Gasteiger partial charge in [0.15, 0.2) is 0 Å². The fourth-order valence-electron chi connectivity index (χ4n) is 5.34. The summed E-state index contributed by atoms with van der Waals surface area (Å²) in [4.78, 5) is 3.14. The summed E-state index contributed by atoms with van der Waals surface area (Å²) < 4.78 is 0.580. The highest BCUT2D eigenvalue weighted by Crippen LogP contribution is 2.60. The molecule has 0 radical (unpaired) electrons. The fourth-order valence-corrected chi connectivity index (χ4v) is 5.50. The molecule has 1 aromatic heterocycles. The average molecular weight is 270 g/mol. The third kappa shape index (κ3) is 1.70. The zero-order chi connectivity index (χ0) is 13.0. The van der Waals surface area contributed by atoms with Crippen molar-refractivity contribution in [3.63, 3.8) is 0 Å². The number of hydrogen-bond acceptors (Lipinski definition) is 2. The minimum absolute atomic E-state index is 0.347. The summed E-state index contributed by atoms with van der Waals surface area (Å²) in [6.07, 6.45) is 10.4. The highest BCUT2D eigenvalue weighted by molar-refractivity contribution is 7.71. The Kier molecular flexibility index (Phi) is 2.41. The molecule has 5 rings (SSSR count). The SMILES string of the molecule is N#Cc1cc(C23CC4CC(CC(C4)C2)C3)c[nH]c1=S. The summed E-state index contributed by atoms with van der Waals surface area (Å²) in [5.41, 5.74) is 2.33. The van der Waals surface area contributed by atoms with E-state index >= 15 is 0 Å². The van der Waals surface area contributed by atoms with Gasteiger partial charge in [-0.15, -0.1) is 0 Å². The lowest BCUT2D eigenvalue weighted by Gasteiger charge is -2.57. The molecular formula is C16H18N2S. The molecule has 0 aliphatic heterocycles. The Hall–Kier alpha value is -1.14. The van der Waals surface area contributed by atoms with Gasteiger partial charge in [-0.05, 0) is 73.3 Å². The van der Waals surface area contributed by atoms with Gasteiger partial charge in [0, 0.05) is 6.20 Å². The molecule has 19 heavy (non-hydrogen) atoms. The second-order valence-electron chi connectivity index (χ2n) is 6.94. The van der Waals surface area contributed by atoms with Crippen LogP contribution in [0.25, 0.3) is 0 Å². The van der Waals surface area contributed by atoms with E-state index in [2.05, 4.69) is 23.3 Å². The summed E-state index contributed by atoms with van der Waals surface area (Å²) >= 11 is 5.18. The Morgan fingerprint density at radius 3 is 2.26 bits per heavy atom. The molecular weight excluding hydrogens is 252 g/mol. The molecule has 1 heterocycles. The van der Waals surface area contributed by atoms with E-state index in [9.17, 15) is 5.26 Å². The van der Waals surface area contributed by atoms with E-state index in [4.69, 9.17) is 12.2 Å². The van der Waals surface area contributed by atoms with Crippen LogP contribution in [-0.4, -0.2) is 4.98 Å². The number of aromatic amines is 1. The van der Waals surface area contributed by atoms with Crippen LogP contribution in [0.3, 0.4) is 0 Å². The smallest absolute Gasteiger partial charge is 0.121 e. The first kappa shape index (κ1) is 11.7. The third-order valence-electron chi connectivity index (χ3n) is 5.67. The summed E-state index contributed by atoms with van der Waals surface area (Å²) in [7, 11) is 0. The van der Waals surface area contributed by atoms with E-state index in [0.717, 1.165) is 17.8 Å². The van der Waals surface area contributed by atoms with E-state index in [1.165, 1.54) is 44.1 Å². The predicted molar refractivity (Wildman–Crippen MR) is 76.2 cm³/mol. The Morgan fingerprint density at radius 1 is 1.16 bits per heavy atom. The third-order valence-corrected chi connectivity index (χ3v) is 6.01. The van der Waals surface area contributed by atoms with Gasteiger partial charge >= 0.3 is 0 Å². The monoisotopic (exact) mass is 270 g/mol. The van der Waals surface area contributed by atoms with Crippen LogP contribution in [0, 0.1) is 33.7 Å². The maximum absolute atomic E-state index is 9.19. The van der Waals surface area contributed by atoms with Crippen molar-refractivity contribution in [3.8, 4) is 6.07 Å². The van der Waals surface area contributed by atoms with Gasteiger partial charge in [-0.25, -0.2) is 0 Å². The van der Waals surface area contributed by atoms with E-state index in [1.807, 2.05) is 0 Å². The molecule has 0 spiro atoms. The maximum Gasteiger partial charge on any atom is 0.121 e.